The molecule has 0 aliphatic carbocycles. The molecule has 0 unspecified atom stereocenters. The van der Waals surface area contributed by atoms with E-state index < -0.39 is 0 Å². The molecule has 4 heteroatoms. The number of nitrogens with zero attached hydrogens (tertiary/aromatic N) is 2. The van der Waals surface area contributed by atoms with Crippen LogP contribution in [-0.4, -0.2) is 15.2 Å². The number of ether oxygens (including phenoxy) is 1. The number of aromatic nitrogens is 3. The van der Waals surface area contributed by atoms with Gasteiger partial charge in [-0.1, -0.05) is 71.9 Å². The Morgan fingerprint density at radius 2 is 1.41 bits per heavy atom. The topological polar surface area (TPSA) is 50.8 Å². The second-order valence-corrected chi connectivity index (χ2v) is 11.1. The lowest BCUT2D eigenvalue weighted by Gasteiger charge is -2.53. The van der Waals surface area contributed by atoms with Gasteiger partial charge in [-0.15, -0.1) is 0 Å². The maximum absolute atomic E-state index is 6.39. The van der Waals surface area contributed by atoms with Crippen LogP contribution in [0.3, 0.4) is 0 Å². The van der Waals surface area contributed by atoms with Crippen molar-refractivity contribution < 1.29 is 4.74 Å². The number of hydrogen-bond donors (Lipinski definition) is 1. The van der Waals surface area contributed by atoms with Crippen LogP contribution in [0.5, 0.6) is 11.5 Å². The van der Waals surface area contributed by atoms with Gasteiger partial charge >= 0.3 is 0 Å². The van der Waals surface area contributed by atoms with Gasteiger partial charge in [0, 0.05) is 22.9 Å². The van der Waals surface area contributed by atoms with Gasteiger partial charge in [0.15, 0.2) is 0 Å². The molecule has 2 aromatic heterocycles. The summed E-state index contributed by atoms with van der Waals surface area (Å²) in [7, 11) is 0. The van der Waals surface area contributed by atoms with Crippen molar-refractivity contribution in [1.82, 2.24) is 15.2 Å². The smallest absolute Gasteiger partial charge is 0.128 e. The van der Waals surface area contributed by atoms with Crippen LogP contribution < -0.4 is 4.74 Å². The van der Waals surface area contributed by atoms with Crippen LogP contribution in [0.15, 0.2) is 79.0 Å². The molecule has 34 heavy (non-hydrogen) atoms. The van der Waals surface area contributed by atoms with E-state index in [9.17, 15) is 0 Å². The lowest BCUT2D eigenvalue weighted by Crippen LogP contribution is -2.51. The van der Waals surface area contributed by atoms with E-state index in [0.717, 1.165) is 34.1 Å². The standard InChI is InChI=1S/C30H35N3O/c1-21-18-26(33-32-21)22-12-10-14-24(19-22)34-25-15-11-13-23(20-25)30(28(2,3)4,29(5,6)7)27-16-8-9-17-31-27/h8-20H,1-7H3,(H,32,33). The van der Waals surface area contributed by atoms with E-state index in [4.69, 9.17) is 9.72 Å². The Balaban J connectivity index is 1.79. The van der Waals surface area contributed by atoms with Gasteiger partial charge in [-0.05, 0) is 65.8 Å². The second kappa shape index (κ2) is 8.75. The highest BCUT2D eigenvalue weighted by atomic mass is 16.5. The number of rotatable bonds is 5. The summed E-state index contributed by atoms with van der Waals surface area (Å²) in [5.74, 6) is 1.59. The molecule has 0 bridgehead atoms. The van der Waals surface area contributed by atoms with Crippen molar-refractivity contribution in [2.75, 3.05) is 0 Å². The summed E-state index contributed by atoms with van der Waals surface area (Å²) in [6.45, 7) is 15.8. The lowest BCUT2D eigenvalue weighted by molar-refractivity contribution is 0.0863. The van der Waals surface area contributed by atoms with Crippen LogP contribution in [0.2, 0.25) is 0 Å². The molecule has 0 aliphatic heterocycles. The minimum absolute atomic E-state index is 0.101. The van der Waals surface area contributed by atoms with Gasteiger partial charge in [-0.25, -0.2) is 0 Å². The Bertz CT molecular complexity index is 1250. The molecule has 0 saturated carbocycles. The fraction of sp³-hybridized carbons (Fsp3) is 0.333. The Hall–Kier alpha value is -3.40. The SMILES string of the molecule is Cc1cc(-c2cccc(Oc3cccc(C(c4ccccn4)(C(C)(C)C)C(C)(C)C)c3)c2)n[nH]1. The third kappa shape index (κ3) is 4.25. The van der Waals surface area contributed by atoms with Crippen LogP contribution in [0.4, 0.5) is 0 Å². The van der Waals surface area contributed by atoms with Gasteiger partial charge in [0.2, 0.25) is 0 Å². The van der Waals surface area contributed by atoms with E-state index in [0.29, 0.717) is 0 Å². The molecule has 176 valence electrons. The molecule has 2 heterocycles. The molecule has 0 atom stereocenters. The first kappa shape index (κ1) is 23.7. The van der Waals surface area contributed by atoms with E-state index in [1.165, 1.54) is 5.56 Å². The third-order valence-corrected chi connectivity index (χ3v) is 6.64. The fourth-order valence-corrected chi connectivity index (χ4v) is 5.71. The van der Waals surface area contributed by atoms with Crippen molar-refractivity contribution in [3.63, 3.8) is 0 Å². The highest BCUT2D eigenvalue weighted by Crippen LogP contribution is 2.57. The Morgan fingerprint density at radius 1 is 0.735 bits per heavy atom. The van der Waals surface area contributed by atoms with Crippen LogP contribution >= 0.6 is 0 Å². The largest absolute Gasteiger partial charge is 0.457 e. The Kier molecular flexibility index (Phi) is 6.11. The first-order chi connectivity index (χ1) is 16.0. The number of nitrogens with one attached hydrogen (secondary N) is 1. The minimum atomic E-state index is -0.338. The quantitative estimate of drug-likeness (QED) is 0.333. The Labute approximate surface area is 203 Å². The van der Waals surface area contributed by atoms with Crippen molar-refractivity contribution >= 4 is 0 Å². The lowest BCUT2D eigenvalue weighted by atomic mass is 9.49. The average molecular weight is 454 g/mol. The first-order valence-electron chi connectivity index (χ1n) is 11.8. The van der Waals surface area contributed by atoms with Crippen molar-refractivity contribution in [3.05, 3.63) is 95.9 Å². The molecule has 1 N–H and O–H groups in total. The zero-order chi connectivity index (χ0) is 24.6. The first-order valence-corrected chi connectivity index (χ1v) is 11.8. The molecule has 0 spiro atoms. The minimum Gasteiger partial charge on any atom is -0.457 e. The molecule has 4 aromatic rings. The van der Waals surface area contributed by atoms with E-state index in [-0.39, 0.29) is 16.2 Å². The molecule has 2 aromatic carbocycles. The monoisotopic (exact) mass is 453 g/mol. The Morgan fingerprint density at radius 3 is 2.00 bits per heavy atom. The number of H-pyrrole nitrogens is 1. The predicted molar refractivity (Wildman–Crippen MR) is 139 cm³/mol. The van der Waals surface area contributed by atoms with Gasteiger partial charge in [-0.3, -0.25) is 10.1 Å². The second-order valence-electron chi connectivity index (χ2n) is 11.1. The van der Waals surface area contributed by atoms with Gasteiger partial charge in [0.05, 0.1) is 11.4 Å². The van der Waals surface area contributed by atoms with Crippen LogP contribution in [0.25, 0.3) is 11.3 Å². The van der Waals surface area contributed by atoms with E-state index in [1.54, 1.807) is 0 Å². The normalized spacial score (nSPS) is 12.6. The van der Waals surface area contributed by atoms with Crippen molar-refractivity contribution in [3.8, 4) is 22.8 Å². The molecular formula is C30H35N3O. The molecular weight excluding hydrogens is 418 g/mol. The third-order valence-electron chi connectivity index (χ3n) is 6.64. The summed E-state index contributed by atoms with van der Waals surface area (Å²) >= 11 is 0. The zero-order valence-electron chi connectivity index (χ0n) is 21.3. The van der Waals surface area contributed by atoms with Gasteiger partial charge in [0.25, 0.3) is 0 Å². The van der Waals surface area contributed by atoms with E-state index >= 15 is 0 Å². The predicted octanol–water partition coefficient (Wildman–Crippen LogP) is 7.95. The molecule has 0 amide bonds. The summed E-state index contributed by atoms with van der Waals surface area (Å²) in [5, 5.41) is 7.39. The van der Waals surface area contributed by atoms with Crippen LogP contribution in [0, 0.1) is 17.8 Å². The highest BCUT2D eigenvalue weighted by molar-refractivity contribution is 5.61. The molecule has 4 nitrogen and oxygen atoms in total. The molecule has 0 radical (unpaired) electrons. The van der Waals surface area contributed by atoms with Crippen LogP contribution in [0.1, 0.15) is 58.5 Å². The van der Waals surface area contributed by atoms with Crippen molar-refractivity contribution in [2.45, 2.75) is 53.9 Å². The fourth-order valence-electron chi connectivity index (χ4n) is 5.71. The van der Waals surface area contributed by atoms with Crippen molar-refractivity contribution in [2.24, 2.45) is 10.8 Å². The summed E-state index contributed by atoms with van der Waals surface area (Å²) in [6.07, 6.45) is 1.89. The number of pyridine rings is 1. The molecule has 0 aliphatic rings. The number of aromatic amines is 1. The highest BCUT2D eigenvalue weighted by Gasteiger charge is 2.54. The van der Waals surface area contributed by atoms with Crippen molar-refractivity contribution in [1.29, 1.82) is 0 Å². The molecule has 4 rings (SSSR count). The summed E-state index contributed by atoms with van der Waals surface area (Å²) in [5.41, 5.74) is 4.69. The van der Waals surface area contributed by atoms with E-state index in [2.05, 4.69) is 82.1 Å². The number of benzene rings is 2. The molecule has 0 saturated heterocycles. The van der Waals surface area contributed by atoms with Crippen LogP contribution in [-0.2, 0) is 5.41 Å². The number of hydrogen-bond acceptors (Lipinski definition) is 3. The van der Waals surface area contributed by atoms with Gasteiger partial charge in [-0.2, -0.15) is 5.10 Å². The van der Waals surface area contributed by atoms with Gasteiger partial charge < -0.3 is 4.74 Å². The average Bonchev–Trinajstić information content (AvgIpc) is 3.20. The number of aryl methyl sites for hydroxylation is 1. The summed E-state index contributed by atoms with van der Waals surface area (Å²) < 4.78 is 6.39. The zero-order valence-corrected chi connectivity index (χ0v) is 21.3. The summed E-state index contributed by atoms with van der Waals surface area (Å²) in [4.78, 5) is 4.87. The maximum Gasteiger partial charge on any atom is 0.128 e. The van der Waals surface area contributed by atoms with E-state index in [1.807, 2.05) is 55.6 Å². The van der Waals surface area contributed by atoms with Gasteiger partial charge in [0.1, 0.15) is 11.5 Å². The maximum atomic E-state index is 6.39. The summed E-state index contributed by atoms with van der Waals surface area (Å²) in [6, 6.07) is 24.8. The molecule has 0 fully saturated rings.